The van der Waals surface area contributed by atoms with Crippen molar-refractivity contribution in [1.29, 1.82) is 5.26 Å². The zero-order valence-electron chi connectivity index (χ0n) is 21.8. The molecule has 3 aromatic carbocycles. The number of allylic oxidation sites excluding steroid dienone is 1. The molecular weight excluding hydrogens is 528 g/mol. The van der Waals surface area contributed by atoms with Crippen LogP contribution < -0.4 is 9.47 Å². The van der Waals surface area contributed by atoms with Gasteiger partial charge in [0.15, 0.2) is 11.5 Å². The fraction of sp³-hybridized carbons (Fsp3) is 0.161. The third-order valence-corrected chi connectivity index (χ3v) is 6.95. The molecule has 0 radical (unpaired) electrons. The van der Waals surface area contributed by atoms with E-state index < -0.39 is 17.1 Å². The Bertz CT molecular complexity index is 1540. The largest absolute Gasteiger partial charge is 0.490 e. The average molecular weight is 555 g/mol. The number of benzene rings is 3. The lowest BCUT2D eigenvalue weighted by Crippen LogP contribution is -2.27. The van der Waals surface area contributed by atoms with Crippen LogP contribution in [0.4, 0.5) is 4.79 Å². The third kappa shape index (κ3) is 6.42. The number of amides is 2. The third-order valence-electron chi connectivity index (χ3n) is 6.04. The van der Waals surface area contributed by atoms with Gasteiger partial charge in [0.25, 0.3) is 11.1 Å². The van der Waals surface area contributed by atoms with Gasteiger partial charge in [0.1, 0.15) is 6.61 Å². The van der Waals surface area contributed by atoms with Gasteiger partial charge in [-0.25, -0.2) is 4.79 Å². The first-order chi connectivity index (χ1) is 19.3. The highest BCUT2D eigenvalue weighted by Gasteiger charge is 2.35. The number of aromatic carboxylic acids is 1. The van der Waals surface area contributed by atoms with Crippen molar-refractivity contribution in [2.24, 2.45) is 0 Å². The number of carbonyl (C=O) groups excluding carboxylic acids is 2. The smallest absolute Gasteiger partial charge is 0.335 e. The van der Waals surface area contributed by atoms with Crippen LogP contribution >= 0.6 is 11.8 Å². The summed E-state index contributed by atoms with van der Waals surface area (Å²) >= 11 is 0.844. The number of nitriles is 1. The van der Waals surface area contributed by atoms with E-state index in [0.717, 1.165) is 27.8 Å². The molecule has 4 rings (SSSR count). The molecule has 0 aromatic heterocycles. The van der Waals surface area contributed by atoms with Crippen LogP contribution in [0.15, 0.2) is 78.2 Å². The zero-order chi connectivity index (χ0) is 28.6. The second-order valence-electron chi connectivity index (χ2n) is 8.76. The van der Waals surface area contributed by atoms with Crippen LogP contribution in [0.5, 0.6) is 11.5 Å². The van der Waals surface area contributed by atoms with Gasteiger partial charge in [-0.2, -0.15) is 5.26 Å². The van der Waals surface area contributed by atoms with Crippen LogP contribution in [0.2, 0.25) is 0 Å². The maximum absolute atomic E-state index is 13.2. The van der Waals surface area contributed by atoms with Gasteiger partial charge in [-0.15, -0.1) is 6.58 Å². The summed E-state index contributed by atoms with van der Waals surface area (Å²) in [5, 5.41) is 18.1. The molecule has 40 heavy (non-hydrogen) atoms. The van der Waals surface area contributed by atoms with Crippen molar-refractivity contribution in [3.63, 3.8) is 0 Å². The lowest BCUT2D eigenvalue weighted by Gasteiger charge is -2.17. The average Bonchev–Trinajstić information content (AvgIpc) is 3.20. The minimum absolute atomic E-state index is 0.0118. The van der Waals surface area contributed by atoms with Crippen LogP contribution in [0.25, 0.3) is 6.08 Å². The number of ether oxygens (including phenoxy) is 2. The van der Waals surface area contributed by atoms with E-state index in [2.05, 4.69) is 12.6 Å². The molecule has 1 N–H and O–H groups in total. The molecule has 1 saturated heterocycles. The van der Waals surface area contributed by atoms with Gasteiger partial charge in [-0.1, -0.05) is 36.4 Å². The van der Waals surface area contributed by atoms with Crippen molar-refractivity contribution in [2.45, 2.75) is 26.5 Å². The summed E-state index contributed by atoms with van der Waals surface area (Å²) < 4.78 is 12.0. The summed E-state index contributed by atoms with van der Waals surface area (Å²) in [6, 6.07) is 19.0. The van der Waals surface area contributed by atoms with Crippen molar-refractivity contribution >= 4 is 35.0 Å². The Hall–Kier alpha value is -4.81. The Kier molecular flexibility index (Phi) is 9.04. The van der Waals surface area contributed by atoms with Gasteiger partial charge in [0.2, 0.25) is 0 Å². The van der Waals surface area contributed by atoms with E-state index in [0.29, 0.717) is 41.2 Å². The molecule has 0 saturated carbocycles. The quantitative estimate of drug-likeness (QED) is 0.220. The Morgan fingerprint density at radius 2 is 1.85 bits per heavy atom. The van der Waals surface area contributed by atoms with Gasteiger partial charge in [-0.3, -0.25) is 14.5 Å². The number of carboxylic acid groups (broad SMARTS) is 1. The molecule has 0 aliphatic carbocycles. The highest BCUT2D eigenvalue weighted by atomic mass is 32.2. The van der Waals surface area contributed by atoms with E-state index in [1.807, 2.05) is 13.0 Å². The summed E-state index contributed by atoms with van der Waals surface area (Å²) in [5.41, 5.74) is 3.41. The number of nitrogens with zero attached hydrogens (tertiary/aromatic N) is 2. The van der Waals surface area contributed by atoms with E-state index >= 15 is 0 Å². The molecule has 0 unspecified atom stereocenters. The number of carbonyl (C=O) groups is 3. The second kappa shape index (κ2) is 12.8. The van der Waals surface area contributed by atoms with Crippen molar-refractivity contribution < 1.29 is 29.0 Å². The van der Waals surface area contributed by atoms with Gasteiger partial charge < -0.3 is 14.6 Å². The number of rotatable bonds is 11. The van der Waals surface area contributed by atoms with Crippen LogP contribution in [0.3, 0.4) is 0 Å². The predicted octanol–water partition coefficient (Wildman–Crippen LogP) is 6.20. The van der Waals surface area contributed by atoms with E-state index in [-0.39, 0.29) is 23.6 Å². The summed E-state index contributed by atoms with van der Waals surface area (Å²) in [6.45, 7) is 6.25. The van der Waals surface area contributed by atoms with Crippen LogP contribution in [0, 0.1) is 11.3 Å². The number of thioether (sulfide) groups is 1. The number of hydrogen-bond donors (Lipinski definition) is 1. The van der Waals surface area contributed by atoms with Crippen LogP contribution in [-0.4, -0.2) is 33.7 Å². The van der Waals surface area contributed by atoms with Gasteiger partial charge in [0, 0.05) is 5.56 Å². The SMILES string of the molecule is C=CCc1cc(/C=C2/SC(=O)N(Cc3ccccc3C#N)C2=O)cc(OCC)c1OCc1ccc(C(=O)O)cc1. The molecule has 1 aliphatic heterocycles. The van der Waals surface area contributed by atoms with Gasteiger partial charge in [-0.05, 0) is 78.2 Å². The molecular formula is C31H26N2O6S. The second-order valence-corrected chi connectivity index (χ2v) is 9.75. The Morgan fingerprint density at radius 1 is 1.10 bits per heavy atom. The lowest BCUT2D eigenvalue weighted by atomic mass is 10.0. The topological polar surface area (TPSA) is 117 Å². The number of carboxylic acids is 1. The minimum Gasteiger partial charge on any atom is -0.490 e. The van der Waals surface area contributed by atoms with E-state index in [4.69, 9.17) is 14.6 Å². The molecule has 0 spiro atoms. The van der Waals surface area contributed by atoms with Crippen LogP contribution in [0.1, 0.15) is 45.1 Å². The van der Waals surface area contributed by atoms with E-state index in [9.17, 15) is 19.6 Å². The first kappa shape index (κ1) is 28.2. The van der Waals surface area contributed by atoms with E-state index in [1.54, 1.807) is 54.6 Å². The standard InChI is InChI=1S/C31H26N2O6S/c1-3-7-23-14-21(15-26(38-4-2)28(23)39-19-20-10-12-22(13-11-20)30(35)36)16-27-29(34)33(31(37)40-27)18-25-9-6-5-8-24(25)17-32/h3,5-6,8-16H,1,4,7,18-19H2,2H3,(H,35,36)/b27-16+. The highest BCUT2D eigenvalue weighted by molar-refractivity contribution is 8.18. The lowest BCUT2D eigenvalue weighted by molar-refractivity contribution is -0.123. The summed E-state index contributed by atoms with van der Waals surface area (Å²) in [7, 11) is 0. The maximum Gasteiger partial charge on any atom is 0.335 e. The highest BCUT2D eigenvalue weighted by Crippen LogP contribution is 2.38. The molecule has 9 heteroatoms. The molecule has 2 amide bonds. The fourth-order valence-electron chi connectivity index (χ4n) is 4.12. The van der Waals surface area contributed by atoms with Crippen molar-refractivity contribution in [3.8, 4) is 17.6 Å². The molecule has 0 bridgehead atoms. The Labute approximate surface area is 236 Å². The molecule has 0 atom stereocenters. The van der Waals surface area contributed by atoms with Gasteiger partial charge >= 0.3 is 5.97 Å². The Balaban J connectivity index is 1.61. The fourth-order valence-corrected chi connectivity index (χ4v) is 4.96. The van der Waals surface area contributed by atoms with Crippen LogP contribution in [-0.2, 0) is 24.4 Å². The monoisotopic (exact) mass is 554 g/mol. The summed E-state index contributed by atoms with van der Waals surface area (Å²) in [6.07, 6.45) is 3.83. The maximum atomic E-state index is 13.2. The molecule has 3 aromatic rings. The van der Waals surface area contributed by atoms with E-state index in [1.165, 1.54) is 12.1 Å². The molecule has 202 valence electrons. The molecule has 1 heterocycles. The zero-order valence-corrected chi connectivity index (χ0v) is 22.6. The van der Waals surface area contributed by atoms with Crippen molar-refractivity contribution in [1.82, 2.24) is 4.90 Å². The predicted molar refractivity (Wildman–Crippen MR) is 152 cm³/mol. The molecule has 8 nitrogen and oxygen atoms in total. The van der Waals surface area contributed by atoms with Crippen molar-refractivity contribution in [2.75, 3.05) is 6.61 Å². The first-order valence-electron chi connectivity index (χ1n) is 12.4. The van der Waals surface area contributed by atoms with Crippen molar-refractivity contribution in [3.05, 3.63) is 112 Å². The number of hydrogen-bond acceptors (Lipinski definition) is 7. The molecule has 1 aliphatic rings. The molecule has 1 fully saturated rings. The first-order valence-corrected chi connectivity index (χ1v) is 13.2. The summed E-state index contributed by atoms with van der Waals surface area (Å²) in [5.74, 6) is -0.448. The number of imide groups is 1. The normalized spacial score (nSPS) is 13.8. The summed E-state index contributed by atoms with van der Waals surface area (Å²) in [4.78, 5) is 38.4. The minimum atomic E-state index is -1.00. The Morgan fingerprint density at radius 3 is 2.52 bits per heavy atom. The van der Waals surface area contributed by atoms with Gasteiger partial charge in [0.05, 0.1) is 35.3 Å².